The van der Waals surface area contributed by atoms with Gasteiger partial charge in [-0.2, -0.15) is 0 Å². The molecule has 1 aromatic rings. The average molecular weight is 417 g/mol. The van der Waals surface area contributed by atoms with Gasteiger partial charge in [-0.3, -0.25) is 9.59 Å². The first-order valence-electron chi connectivity index (χ1n) is 11.4. The van der Waals surface area contributed by atoms with Gasteiger partial charge in [-0.05, 0) is 69.9 Å². The van der Waals surface area contributed by atoms with Crippen LogP contribution in [0.2, 0.25) is 0 Å². The van der Waals surface area contributed by atoms with Crippen molar-refractivity contribution in [3.8, 4) is 0 Å². The first-order chi connectivity index (χ1) is 13.8. The van der Waals surface area contributed by atoms with Crippen LogP contribution in [-0.4, -0.2) is 51.5 Å². The number of hydrogen-bond donors (Lipinski definition) is 2. The molecule has 2 fully saturated rings. The van der Waals surface area contributed by atoms with Gasteiger partial charge in [0.25, 0.3) is 5.91 Å². The summed E-state index contributed by atoms with van der Waals surface area (Å²) in [6, 6.07) is 2.37. The molecule has 1 aromatic heterocycles. The Morgan fingerprint density at radius 2 is 1.67 bits per heavy atom. The molecule has 2 aliphatic rings. The highest BCUT2D eigenvalue weighted by molar-refractivity contribution is 5.97. The molecule has 1 saturated heterocycles. The first kappa shape index (κ1) is 22.9. The molecule has 1 aliphatic carbocycles. The van der Waals surface area contributed by atoms with Crippen molar-refractivity contribution in [3.63, 3.8) is 0 Å². The predicted molar refractivity (Wildman–Crippen MR) is 121 cm³/mol. The van der Waals surface area contributed by atoms with E-state index in [1.807, 2.05) is 28.8 Å². The maximum Gasteiger partial charge on any atom is 0.268 e. The molecule has 1 atom stereocenters. The summed E-state index contributed by atoms with van der Waals surface area (Å²) in [5.41, 5.74) is 1.84. The zero-order valence-corrected chi connectivity index (χ0v) is 19.8. The second-order valence-electron chi connectivity index (χ2n) is 11.2. The van der Waals surface area contributed by atoms with Gasteiger partial charge in [-0.1, -0.05) is 20.8 Å². The van der Waals surface area contributed by atoms with Gasteiger partial charge in [0.2, 0.25) is 5.91 Å². The SMILES string of the molecule is Cn1cc(C(C)(C)C)cc1C(=O)NC1CCN(C2CCC(NC(C)(C)C)CC2)C1=O. The van der Waals surface area contributed by atoms with Crippen LogP contribution in [0.15, 0.2) is 12.3 Å². The van der Waals surface area contributed by atoms with Crippen molar-refractivity contribution in [3.05, 3.63) is 23.5 Å². The third-order valence-corrected chi connectivity index (χ3v) is 6.42. The number of nitrogens with zero attached hydrogens (tertiary/aromatic N) is 2. The molecule has 0 spiro atoms. The number of nitrogens with one attached hydrogen (secondary N) is 2. The molecule has 1 saturated carbocycles. The molecular formula is C24H40N4O2. The normalized spacial score (nSPS) is 25.6. The molecule has 30 heavy (non-hydrogen) atoms. The van der Waals surface area contributed by atoms with E-state index in [4.69, 9.17) is 0 Å². The fraction of sp³-hybridized carbons (Fsp3) is 0.750. The van der Waals surface area contributed by atoms with Crippen LogP contribution in [0.3, 0.4) is 0 Å². The Morgan fingerprint density at radius 1 is 1.03 bits per heavy atom. The highest BCUT2D eigenvalue weighted by Crippen LogP contribution is 2.28. The quantitative estimate of drug-likeness (QED) is 0.791. The van der Waals surface area contributed by atoms with E-state index in [0.29, 0.717) is 24.2 Å². The molecular weight excluding hydrogens is 376 g/mol. The third kappa shape index (κ3) is 5.26. The number of hydrogen-bond acceptors (Lipinski definition) is 3. The lowest BCUT2D eigenvalue weighted by Crippen LogP contribution is -2.49. The molecule has 1 aliphatic heterocycles. The second kappa shape index (κ2) is 8.37. The van der Waals surface area contributed by atoms with Crippen LogP contribution in [0.4, 0.5) is 0 Å². The van der Waals surface area contributed by atoms with E-state index in [1.165, 1.54) is 0 Å². The number of carbonyl (C=O) groups excluding carboxylic acids is 2. The van der Waals surface area contributed by atoms with Crippen molar-refractivity contribution >= 4 is 11.8 Å². The van der Waals surface area contributed by atoms with Crippen LogP contribution in [0.5, 0.6) is 0 Å². The van der Waals surface area contributed by atoms with Gasteiger partial charge in [-0.15, -0.1) is 0 Å². The maximum absolute atomic E-state index is 13.0. The molecule has 0 radical (unpaired) electrons. The molecule has 168 valence electrons. The largest absolute Gasteiger partial charge is 0.346 e. The van der Waals surface area contributed by atoms with Crippen molar-refractivity contribution in [2.75, 3.05) is 6.54 Å². The number of carbonyl (C=O) groups is 2. The summed E-state index contributed by atoms with van der Waals surface area (Å²) in [5, 5.41) is 6.68. The molecule has 1 unspecified atom stereocenters. The van der Waals surface area contributed by atoms with Gasteiger partial charge in [0.1, 0.15) is 11.7 Å². The van der Waals surface area contributed by atoms with Crippen LogP contribution in [0.1, 0.15) is 89.7 Å². The van der Waals surface area contributed by atoms with E-state index in [9.17, 15) is 9.59 Å². The summed E-state index contributed by atoms with van der Waals surface area (Å²) in [7, 11) is 1.89. The lowest BCUT2D eigenvalue weighted by molar-refractivity contribution is -0.131. The standard InChI is InChI=1S/C24H40N4O2/c1-23(2,3)16-14-20(27(7)15-16)21(29)25-19-12-13-28(22(19)30)18-10-8-17(9-11-18)26-24(4,5)6/h14-15,17-19,26H,8-13H2,1-7H3,(H,25,29). The number of amides is 2. The zero-order chi connectivity index (χ0) is 22.3. The van der Waals surface area contributed by atoms with Gasteiger partial charge >= 0.3 is 0 Å². The van der Waals surface area contributed by atoms with E-state index >= 15 is 0 Å². The Bertz CT molecular complexity index is 776. The van der Waals surface area contributed by atoms with Gasteiger partial charge in [-0.25, -0.2) is 0 Å². The van der Waals surface area contributed by atoms with E-state index in [0.717, 1.165) is 37.8 Å². The molecule has 0 bridgehead atoms. The number of aromatic nitrogens is 1. The van der Waals surface area contributed by atoms with Crippen LogP contribution >= 0.6 is 0 Å². The maximum atomic E-state index is 13.0. The molecule has 2 amide bonds. The number of likely N-dealkylation sites (tertiary alicyclic amines) is 1. The molecule has 0 aromatic carbocycles. The second-order valence-corrected chi connectivity index (χ2v) is 11.2. The minimum absolute atomic E-state index is 0.0169. The van der Waals surface area contributed by atoms with Crippen molar-refractivity contribution < 1.29 is 9.59 Å². The van der Waals surface area contributed by atoms with E-state index in [2.05, 4.69) is 52.2 Å². The molecule has 3 rings (SSSR count). The number of rotatable bonds is 4. The Labute approximate surface area is 181 Å². The predicted octanol–water partition coefficient (Wildman–Crippen LogP) is 3.35. The molecule has 6 heteroatoms. The molecule has 6 nitrogen and oxygen atoms in total. The summed E-state index contributed by atoms with van der Waals surface area (Å²) >= 11 is 0. The van der Waals surface area contributed by atoms with Gasteiger partial charge in [0.05, 0.1) is 0 Å². The van der Waals surface area contributed by atoms with Crippen molar-refractivity contribution in [1.29, 1.82) is 0 Å². The summed E-state index contributed by atoms with van der Waals surface area (Å²) in [6.07, 6.45) is 6.96. The van der Waals surface area contributed by atoms with Crippen molar-refractivity contribution in [1.82, 2.24) is 20.1 Å². The smallest absolute Gasteiger partial charge is 0.268 e. The third-order valence-electron chi connectivity index (χ3n) is 6.42. The zero-order valence-electron chi connectivity index (χ0n) is 19.8. The Morgan fingerprint density at radius 3 is 2.20 bits per heavy atom. The van der Waals surface area contributed by atoms with Gasteiger partial charge < -0.3 is 20.1 Å². The number of aryl methyl sites for hydroxylation is 1. The summed E-state index contributed by atoms with van der Waals surface area (Å²) < 4.78 is 1.86. The van der Waals surface area contributed by atoms with Crippen LogP contribution < -0.4 is 10.6 Å². The van der Waals surface area contributed by atoms with Gasteiger partial charge in [0, 0.05) is 37.4 Å². The highest BCUT2D eigenvalue weighted by atomic mass is 16.2. The summed E-state index contributed by atoms with van der Waals surface area (Å²) in [4.78, 5) is 27.9. The minimum Gasteiger partial charge on any atom is -0.346 e. The molecule has 2 heterocycles. The Kier molecular flexibility index (Phi) is 6.38. The lowest BCUT2D eigenvalue weighted by atomic mass is 9.89. The Balaban J connectivity index is 1.56. The fourth-order valence-corrected chi connectivity index (χ4v) is 4.78. The fourth-order valence-electron chi connectivity index (χ4n) is 4.78. The van der Waals surface area contributed by atoms with E-state index in [1.54, 1.807) is 0 Å². The van der Waals surface area contributed by atoms with E-state index in [-0.39, 0.29) is 22.8 Å². The van der Waals surface area contributed by atoms with E-state index < -0.39 is 6.04 Å². The topological polar surface area (TPSA) is 66.4 Å². The van der Waals surface area contributed by atoms with Crippen LogP contribution in [0.25, 0.3) is 0 Å². The minimum atomic E-state index is -0.407. The lowest BCUT2D eigenvalue weighted by Gasteiger charge is -2.37. The summed E-state index contributed by atoms with van der Waals surface area (Å²) in [5.74, 6) is -0.0767. The summed E-state index contributed by atoms with van der Waals surface area (Å²) in [6.45, 7) is 13.7. The van der Waals surface area contributed by atoms with Crippen LogP contribution in [0, 0.1) is 0 Å². The Hall–Kier alpha value is -1.82. The van der Waals surface area contributed by atoms with Crippen LogP contribution in [-0.2, 0) is 17.3 Å². The first-order valence-corrected chi connectivity index (χ1v) is 11.4. The van der Waals surface area contributed by atoms with Gasteiger partial charge in [0.15, 0.2) is 0 Å². The van der Waals surface area contributed by atoms with Crippen molar-refractivity contribution in [2.24, 2.45) is 7.05 Å². The molecule has 2 N–H and O–H groups in total. The highest BCUT2D eigenvalue weighted by Gasteiger charge is 2.38. The monoisotopic (exact) mass is 416 g/mol. The van der Waals surface area contributed by atoms with Crippen molar-refractivity contribution in [2.45, 2.75) is 103 Å². The average Bonchev–Trinajstić information content (AvgIpc) is 3.18.